The van der Waals surface area contributed by atoms with Gasteiger partial charge >= 0.3 is 0 Å². The Morgan fingerprint density at radius 1 is 1.36 bits per heavy atom. The van der Waals surface area contributed by atoms with Gasteiger partial charge < -0.3 is 0 Å². The normalized spacial score (nSPS) is 10.5. The predicted octanol–water partition coefficient (Wildman–Crippen LogP) is 1.84. The molecule has 0 saturated heterocycles. The van der Waals surface area contributed by atoms with Crippen LogP contribution in [-0.2, 0) is 7.05 Å². The van der Waals surface area contributed by atoms with Crippen LogP contribution in [0.25, 0.3) is 11.4 Å². The highest BCUT2D eigenvalue weighted by Gasteiger charge is 2.06. The molecule has 0 unspecified atom stereocenters. The Morgan fingerprint density at radius 2 is 2.14 bits per heavy atom. The first-order chi connectivity index (χ1) is 6.66. The Balaban J connectivity index is 2.49. The minimum Gasteiger partial charge on any atom is -0.249 e. The van der Waals surface area contributed by atoms with Gasteiger partial charge in [-0.1, -0.05) is 11.6 Å². The molecule has 0 aromatic carbocycles. The largest absolute Gasteiger partial charge is 0.249 e. The lowest BCUT2D eigenvalue weighted by Gasteiger charge is -1.98. The van der Waals surface area contributed by atoms with Crippen molar-refractivity contribution in [3.05, 3.63) is 29.3 Å². The highest BCUT2D eigenvalue weighted by Crippen LogP contribution is 2.16. The number of hydrogen-bond acceptors (Lipinski definition) is 3. The first-order valence-electron chi connectivity index (χ1n) is 4.16. The fraction of sp³-hybridized carbons (Fsp3) is 0.222. The Morgan fingerprint density at radius 3 is 2.64 bits per heavy atom. The van der Waals surface area contributed by atoms with Crippen molar-refractivity contribution in [1.82, 2.24) is 19.7 Å². The molecule has 4 nitrogen and oxygen atoms in total. The van der Waals surface area contributed by atoms with Crippen molar-refractivity contribution in [2.24, 2.45) is 7.05 Å². The third kappa shape index (κ3) is 1.61. The predicted molar refractivity (Wildman–Crippen MR) is 54.0 cm³/mol. The molecule has 0 bridgehead atoms. The van der Waals surface area contributed by atoms with Gasteiger partial charge in [-0.25, -0.2) is 14.6 Å². The third-order valence-corrected chi connectivity index (χ3v) is 2.08. The van der Waals surface area contributed by atoms with Crippen molar-refractivity contribution in [3.8, 4) is 11.4 Å². The van der Waals surface area contributed by atoms with Crippen LogP contribution in [0, 0.1) is 6.92 Å². The van der Waals surface area contributed by atoms with E-state index in [1.165, 1.54) is 0 Å². The third-order valence-electron chi connectivity index (χ3n) is 1.85. The molecule has 0 N–H and O–H groups in total. The summed E-state index contributed by atoms with van der Waals surface area (Å²) in [4.78, 5) is 8.27. The van der Waals surface area contributed by atoms with E-state index < -0.39 is 0 Å². The molecule has 0 saturated carbocycles. The molecule has 5 heteroatoms. The molecule has 14 heavy (non-hydrogen) atoms. The van der Waals surface area contributed by atoms with Gasteiger partial charge in [-0.3, -0.25) is 0 Å². The van der Waals surface area contributed by atoms with Crippen molar-refractivity contribution < 1.29 is 0 Å². The Kier molecular flexibility index (Phi) is 2.21. The van der Waals surface area contributed by atoms with Gasteiger partial charge in [0.05, 0.1) is 0 Å². The molecule has 0 aliphatic rings. The average Bonchev–Trinajstić information content (AvgIpc) is 2.47. The van der Waals surface area contributed by atoms with E-state index in [2.05, 4.69) is 15.1 Å². The standard InChI is InChI=1S/C9H9ClN4/c1-6-12-9(14(2)13-6)7-3-4-8(10)11-5-7/h3-5H,1-2H3. The lowest BCUT2D eigenvalue weighted by molar-refractivity contribution is 0.763. The maximum Gasteiger partial charge on any atom is 0.159 e. The molecule has 2 aromatic rings. The van der Waals surface area contributed by atoms with Gasteiger partial charge in [0.15, 0.2) is 5.82 Å². The topological polar surface area (TPSA) is 43.6 Å². The molecule has 72 valence electrons. The molecule has 2 heterocycles. The number of aryl methyl sites for hydroxylation is 2. The molecule has 0 aliphatic carbocycles. The van der Waals surface area contributed by atoms with Crippen molar-refractivity contribution in [2.45, 2.75) is 6.92 Å². The molecule has 0 atom stereocenters. The van der Waals surface area contributed by atoms with E-state index in [9.17, 15) is 0 Å². The van der Waals surface area contributed by atoms with Gasteiger partial charge in [-0.05, 0) is 19.1 Å². The van der Waals surface area contributed by atoms with Crippen LogP contribution in [0.15, 0.2) is 18.3 Å². The first-order valence-corrected chi connectivity index (χ1v) is 4.54. The van der Waals surface area contributed by atoms with Gasteiger partial charge in [-0.15, -0.1) is 0 Å². The van der Waals surface area contributed by atoms with E-state index >= 15 is 0 Å². The summed E-state index contributed by atoms with van der Waals surface area (Å²) in [5, 5.41) is 4.63. The van der Waals surface area contributed by atoms with Crippen molar-refractivity contribution >= 4 is 11.6 Å². The molecule has 0 amide bonds. The summed E-state index contributed by atoms with van der Waals surface area (Å²) in [6, 6.07) is 3.61. The van der Waals surface area contributed by atoms with E-state index in [4.69, 9.17) is 11.6 Å². The molecule has 0 fully saturated rings. The van der Waals surface area contributed by atoms with Crippen molar-refractivity contribution in [3.63, 3.8) is 0 Å². The van der Waals surface area contributed by atoms with Crippen molar-refractivity contribution in [2.75, 3.05) is 0 Å². The fourth-order valence-corrected chi connectivity index (χ4v) is 1.38. The number of halogens is 1. The summed E-state index contributed by atoms with van der Waals surface area (Å²) in [5.74, 6) is 1.55. The lowest BCUT2D eigenvalue weighted by atomic mass is 10.3. The van der Waals surface area contributed by atoms with Gasteiger partial charge in [0.2, 0.25) is 0 Å². The molecule has 0 spiro atoms. The fourth-order valence-electron chi connectivity index (χ4n) is 1.27. The minimum atomic E-state index is 0.479. The summed E-state index contributed by atoms with van der Waals surface area (Å²) in [6.07, 6.45) is 1.69. The SMILES string of the molecule is Cc1nc(-c2ccc(Cl)nc2)n(C)n1. The number of hydrogen-bond donors (Lipinski definition) is 0. The summed E-state index contributed by atoms with van der Waals surface area (Å²) in [5.41, 5.74) is 0.914. The summed E-state index contributed by atoms with van der Waals surface area (Å²) in [6.45, 7) is 1.85. The van der Waals surface area contributed by atoms with E-state index in [0.29, 0.717) is 5.15 Å². The highest BCUT2D eigenvalue weighted by molar-refractivity contribution is 6.29. The summed E-state index contributed by atoms with van der Waals surface area (Å²) in [7, 11) is 1.85. The molecule has 2 rings (SSSR count). The Labute approximate surface area is 86.6 Å². The number of pyridine rings is 1. The monoisotopic (exact) mass is 208 g/mol. The lowest BCUT2D eigenvalue weighted by Crippen LogP contribution is -1.94. The second kappa shape index (κ2) is 3.38. The Bertz CT molecular complexity index is 446. The smallest absolute Gasteiger partial charge is 0.159 e. The molecule has 0 aliphatic heterocycles. The zero-order valence-corrected chi connectivity index (χ0v) is 8.65. The molecule has 0 radical (unpaired) electrons. The van der Waals surface area contributed by atoms with E-state index in [-0.39, 0.29) is 0 Å². The number of aromatic nitrogens is 4. The summed E-state index contributed by atoms with van der Waals surface area (Å²) < 4.78 is 1.72. The van der Waals surface area contributed by atoms with Gasteiger partial charge in [0, 0.05) is 18.8 Å². The molecular formula is C9H9ClN4. The summed E-state index contributed by atoms with van der Waals surface area (Å²) >= 11 is 5.69. The van der Waals surface area contributed by atoms with Crippen LogP contribution in [0.4, 0.5) is 0 Å². The van der Waals surface area contributed by atoms with Crippen LogP contribution in [0.2, 0.25) is 5.15 Å². The van der Waals surface area contributed by atoms with Crippen molar-refractivity contribution in [1.29, 1.82) is 0 Å². The molecular weight excluding hydrogens is 200 g/mol. The minimum absolute atomic E-state index is 0.479. The van der Waals surface area contributed by atoms with E-state index in [0.717, 1.165) is 17.2 Å². The van der Waals surface area contributed by atoms with Crippen LogP contribution in [0.3, 0.4) is 0 Å². The van der Waals surface area contributed by atoms with Crippen LogP contribution >= 0.6 is 11.6 Å². The second-order valence-electron chi connectivity index (χ2n) is 2.98. The van der Waals surface area contributed by atoms with E-state index in [1.807, 2.05) is 20.0 Å². The van der Waals surface area contributed by atoms with Gasteiger partial charge in [-0.2, -0.15) is 5.10 Å². The second-order valence-corrected chi connectivity index (χ2v) is 3.36. The maximum absolute atomic E-state index is 5.69. The van der Waals surface area contributed by atoms with Gasteiger partial charge in [0.25, 0.3) is 0 Å². The first kappa shape index (κ1) is 9.15. The maximum atomic E-state index is 5.69. The Hall–Kier alpha value is -1.42. The zero-order chi connectivity index (χ0) is 10.1. The van der Waals surface area contributed by atoms with E-state index in [1.54, 1.807) is 16.9 Å². The van der Waals surface area contributed by atoms with Crippen LogP contribution in [0.1, 0.15) is 5.82 Å². The number of rotatable bonds is 1. The van der Waals surface area contributed by atoms with Crippen LogP contribution < -0.4 is 0 Å². The quantitative estimate of drug-likeness (QED) is 0.672. The van der Waals surface area contributed by atoms with Crippen LogP contribution in [0.5, 0.6) is 0 Å². The van der Waals surface area contributed by atoms with Gasteiger partial charge in [0.1, 0.15) is 11.0 Å². The molecule has 2 aromatic heterocycles. The van der Waals surface area contributed by atoms with Crippen LogP contribution in [-0.4, -0.2) is 19.7 Å². The average molecular weight is 209 g/mol. The number of nitrogens with zero attached hydrogens (tertiary/aromatic N) is 4. The highest BCUT2D eigenvalue weighted by atomic mass is 35.5. The zero-order valence-electron chi connectivity index (χ0n) is 7.90.